The van der Waals surface area contributed by atoms with E-state index >= 15 is 0 Å². The van der Waals surface area contributed by atoms with Gasteiger partial charge in [-0.3, -0.25) is 4.79 Å². The Morgan fingerprint density at radius 3 is 1.42 bits per heavy atom. The predicted molar refractivity (Wildman–Crippen MR) is 203 cm³/mol. The third-order valence-electron chi connectivity index (χ3n) is 10.5. The van der Waals surface area contributed by atoms with Crippen molar-refractivity contribution in [2.75, 3.05) is 13.2 Å². The predicted octanol–water partition coefficient (Wildman–Crippen LogP) is 8.00. The third kappa shape index (κ3) is 23.7. The van der Waals surface area contributed by atoms with Gasteiger partial charge >= 0.3 is 0 Å². The van der Waals surface area contributed by atoms with Crippen LogP contribution in [0.15, 0.2) is 0 Å². The van der Waals surface area contributed by atoms with Crippen LogP contribution in [0.4, 0.5) is 0 Å². The van der Waals surface area contributed by atoms with E-state index in [1.807, 2.05) is 0 Å². The number of carbonyl (C=O) groups excluding carboxylic acids is 1. The Balaban J connectivity index is 2.11. The highest BCUT2D eigenvalue weighted by Crippen LogP contribution is 2.23. The first-order valence-corrected chi connectivity index (χ1v) is 21.2. The van der Waals surface area contributed by atoms with E-state index in [4.69, 9.17) is 9.47 Å². The van der Waals surface area contributed by atoms with Crippen molar-refractivity contribution in [2.24, 2.45) is 0 Å². The van der Waals surface area contributed by atoms with Crippen LogP contribution in [-0.4, -0.2) is 87.5 Å². The zero-order valence-electron chi connectivity index (χ0n) is 32.4. The first-order valence-electron chi connectivity index (χ1n) is 21.2. The molecule has 0 spiro atoms. The molecule has 1 saturated heterocycles. The van der Waals surface area contributed by atoms with Gasteiger partial charge in [0, 0.05) is 6.42 Å². The molecule has 7 unspecified atom stereocenters. The van der Waals surface area contributed by atoms with Crippen molar-refractivity contribution in [1.29, 1.82) is 0 Å². The molecule has 1 amide bonds. The van der Waals surface area contributed by atoms with Crippen molar-refractivity contribution < 1.29 is 39.8 Å². The molecule has 7 atom stereocenters. The molecule has 1 aliphatic rings. The van der Waals surface area contributed by atoms with Gasteiger partial charge in [0.05, 0.1) is 25.4 Å². The molecular weight excluding hydrogens is 634 g/mol. The number of hydrogen-bond acceptors (Lipinski definition) is 8. The standard InChI is InChI=1S/C41H81NO8/c1-3-5-7-9-10-11-12-13-14-15-16-17-18-19-20-21-22-23-24-25-26-27-29-31-37(45)42-34(35(44)30-28-8-6-4-2)33-49-41-40(48)39(47)38(46)36(32-43)50-41/h34-36,38-41,43-44,46-48H,3-33H2,1-2H3,(H,42,45). The fraction of sp³-hybridized carbons (Fsp3) is 0.976. The Kier molecular flexibility index (Phi) is 31.0. The molecule has 298 valence electrons. The second-order valence-electron chi connectivity index (χ2n) is 15.1. The second-order valence-corrected chi connectivity index (χ2v) is 15.1. The number of nitrogens with one attached hydrogen (secondary N) is 1. The zero-order valence-corrected chi connectivity index (χ0v) is 32.4. The quantitative estimate of drug-likeness (QED) is 0.0362. The maximum atomic E-state index is 12.8. The first-order chi connectivity index (χ1) is 24.3. The van der Waals surface area contributed by atoms with Gasteiger partial charge in [-0.2, -0.15) is 0 Å². The van der Waals surface area contributed by atoms with E-state index in [0.29, 0.717) is 12.8 Å². The summed E-state index contributed by atoms with van der Waals surface area (Å²) in [5.41, 5.74) is 0. The minimum Gasteiger partial charge on any atom is -0.394 e. The molecule has 1 heterocycles. The van der Waals surface area contributed by atoms with E-state index in [0.717, 1.165) is 44.9 Å². The van der Waals surface area contributed by atoms with Gasteiger partial charge < -0.3 is 40.3 Å². The molecule has 0 saturated carbocycles. The summed E-state index contributed by atoms with van der Waals surface area (Å²) in [6.45, 7) is 3.72. The lowest BCUT2D eigenvalue weighted by atomic mass is 9.99. The van der Waals surface area contributed by atoms with Crippen LogP contribution >= 0.6 is 0 Å². The van der Waals surface area contributed by atoms with Gasteiger partial charge in [-0.1, -0.05) is 181 Å². The number of ether oxygens (including phenoxy) is 2. The molecule has 0 aromatic carbocycles. The van der Waals surface area contributed by atoms with Crippen molar-refractivity contribution in [2.45, 2.75) is 243 Å². The topological polar surface area (TPSA) is 149 Å². The average Bonchev–Trinajstić information content (AvgIpc) is 3.11. The summed E-state index contributed by atoms with van der Waals surface area (Å²) in [5.74, 6) is -0.150. The van der Waals surface area contributed by atoms with E-state index in [2.05, 4.69) is 19.2 Å². The number of aliphatic hydroxyl groups is 5. The van der Waals surface area contributed by atoms with Gasteiger partial charge in [0.25, 0.3) is 0 Å². The van der Waals surface area contributed by atoms with Crippen LogP contribution in [-0.2, 0) is 14.3 Å². The highest BCUT2D eigenvalue weighted by Gasteiger charge is 2.44. The Hall–Kier alpha value is -0.810. The molecule has 1 aliphatic heterocycles. The van der Waals surface area contributed by atoms with Crippen LogP contribution in [0.25, 0.3) is 0 Å². The zero-order chi connectivity index (χ0) is 36.7. The lowest BCUT2D eigenvalue weighted by Gasteiger charge is -2.40. The minimum atomic E-state index is -1.54. The van der Waals surface area contributed by atoms with Crippen LogP contribution in [0.2, 0.25) is 0 Å². The molecule has 1 fully saturated rings. The molecule has 9 heteroatoms. The molecule has 0 aliphatic carbocycles. The Morgan fingerprint density at radius 2 is 1.00 bits per heavy atom. The van der Waals surface area contributed by atoms with Crippen molar-refractivity contribution in [3.8, 4) is 0 Å². The van der Waals surface area contributed by atoms with Gasteiger partial charge in [0.15, 0.2) is 6.29 Å². The van der Waals surface area contributed by atoms with Gasteiger partial charge in [0.1, 0.15) is 24.4 Å². The van der Waals surface area contributed by atoms with E-state index in [-0.39, 0.29) is 12.5 Å². The SMILES string of the molecule is CCCCCCCCCCCCCCCCCCCCCCCCCC(=O)NC(COC1OC(CO)C(O)C(O)C1O)C(O)CCCCCC. The molecule has 0 aromatic rings. The van der Waals surface area contributed by atoms with Crippen LogP contribution in [0.3, 0.4) is 0 Å². The van der Waals surface area contributed by atoms with Gasteiger partial charge in [-0.15, -0.1) is 0 Å². The van der Waals surface area contributed by atoms with Gasteiger partial charge in [-0.05, 0) is 12.8 Å². The Morgan fingerprint density at radius 1 is 0.600 bits per heavy atom. The van der Waals surface area contributed by atoms with E-state index in [9.17, 15) is 30.3 Å². The summed E-state index contributed by atoms with van der Waals surface area (Å²) in [6, 6.07) is -0.707. The average molecular weight is 716 g/mol. The monoisotopic (exact) mass is 716 g/mol. The van der Waals surface area contributed by atoms with Crippen molar-refractivity contribution >= 4 is 5.91 Å². The summed E-state index contributed by atoms with van der Waals surface area (Å²) in [4.78, 5) is 12.8. The lowest BCUT2D eigenvalue weighted by molar-refractivity contribution is -0.302. The number of amides is 1. The molecule has 0 aromatic heterocycles. The van der Waals surface area contributed by atoms with Crippen LogP contribution < -0.4 is 5.32 Å². The minimum absolute atomic E-state index is 0.136. The molecule has 1 rings (SSSR count). The van der Waals surface area contributed by atoms with Crippen LogP contribution in [0.1, 0.15) is 200 Å². The smallest absolute Gasteiger partial charge is 0.220 e. The highest BCUT2D eigenvalue weighted by atomic mass is 16.7. The number of unbranched alkanes of at least 4 members (excludes halogenated alkanes) is 25. The number of carbonyl (C=O) groups is 1. The van der Waals surface area contributed by atoms with E-state index in [1.54, 1.807) is 0 Å². The summed E-state index contributed by atoms with van der Waals surface area (Å²) in [6.07, 6.45) is 27.6. The maximum absolute atomic E-state index is 12.8. The van der Waals surface area contributed by atoms with Gasteiger partial charge in [0.2, 0.25) is 5.91 Å². The fourth-order valence-electron chi connectivity index (χ4n) is 6.98. The molecular formula is C41H81NO8. The fourth-order valence-corrected chi connectivity index (χ4v) is 6.98. The van der Waals surface area contributed by atoms with Crippen molar-refractivity contribution in [1.82, 2.24) is 5.32 Å². The summed E-state index contributed by atoms with van der Waals surface area (Å²) < 4.78 is 11.1. The number of rotatable bonds is 35. The van der Waals surface area contributed by atoms with Crippen LogP contribution in [0, 0.1) is 0 Å². The third-order valence-corrected chi connectivity index (χ3v) is 10.5. The Bertz CT molecular complexity index is 756. The van der Waals surface area contributed by atoms with Gasteiger partial charge in [-0.25, -0.2) is 0 Å². The second kappa shape index (κ2) is 32.8. The summed E-state index contributed by atoms with van der Waals surface area (Å²) in [7, 11) is 0. The Labute approximate surface area is 306 Å². The van der Waals surface area contributed by atoms with Crippen molar-refractivity contribution in [3.63, 3.8) is 0 Å². The number of hydrogen-bond donors (Lipinski definition) is 6. The lowest BCUT2D eigenvalue weighted by Crippen LogP contribution is -2.60. The molecule has 9 nitrogen and oxygen atoms in total. The highest BCUT2D eigenvalue weighted by molar-refractivity contribution is 5.76. The molecule has 0 bridgehead atoms. The first kappa shape index (κ1) is 47.2. The largest absolute Gasteiger partial charge is 0.394 e. The van der Waals surface area contributed by atoms with E-state index < -0.39 is 49.5 Å². The van der Waals surface area contributed by atoms with E-state index in [1.165, 1.54) is 128 Å². The molecule has 0 radical (unpaired) electrons. The molecule has 6 N–H and O–H groups in total. The normalized spacial score (nSPS) is 22.1. The summed E-state index contributed by atoms with van der Waals surface area (Å²) in [5, 5.41) is 53.6. The number of aliphatic hydroxyl groups excluding tert-OH is 5. The summed E-state index contributed by atoms with van der Waals surface area (Å²) >= 11 is 0. The molecule has 50 heavy (non-hydrogen) atoms. The van der Waals surface area contributed by atoms with Crippen LogP contribution in [0.5, 0.6) is 0 Å². The maximum Gasteiger partial charge on any atom is 0.220 e. The van der Waals surface area contributed by atoms with Crippen molar-refractivity contribution in [3.05, 3.63) is 0 Å².